The summed E-state index contributed by atoms with van der Waals surface area (Å²) in [5.74, 6) is 1.15. The Balaban J connectivity index is 1.92. The van der Waals surface area contributed by atoms with Gasteiger partial charge in [-0.2, -0.15) is 15.7 Å². The highest BCUT2D eigenvalue weighted by Crippen LogP contribution is 2.35. The van der Waals surface area contributed by atoms with Gasteiger partial charge in [-0.3, -0.25) is 0 Å². The topological polar surface area (TPSA) is 60.2 Å². The number of nitrogen functional groups attached to an aromatic ring is 1. The zero-order valence-corrected chi connectivity index (χ0v) is 12.1. The van der Waals surface area contributed by atoms with Crippen molar-refractivity contribution in [1.82, 2.24) is 4.37 Å². The summed E-state index contributed by atoms with van der Waals surface area (Å²) in [6.07, 6.45) is 1.09. The Hall–Kier alpha value is -1.27. The Labute approximate surface area is 115 Å². The molecule has 0 aliphatic rings. The zero-order valence-electron chi connectivity index (χ0n) is 10.5. The molecular weight excluding hydrogens is 266 g/mol. The second-order valence-electron chi connectivity index (χ2n) is 4.20. The number of anilines is 2. The van der Waals surface area contributed by atoms with Crippen LogP contribution in [0.2, 0.25) is 0 Å². The molecule has 2 aromatic heterocycles. The van der Waals surface area contributed by atoms with Gasteiger partial charge in [0.05, 0.1) is 6.10 Å². The van der Waals surface area contributed by atoms with Crippen molar-refractivity contribution in [3.8, 4) is 5.75 Å². The van der Waals surface area contributed by atoms with Crippen molar-refractivity contribution >= 4 is 33.7 Å². The Morgan fingerprint density at radius 3 is 3.00 bits per heavy atom. The van der Waals surface area contributed by atoms with Gasteiger partial charge >= 0.3 is 0 Å². The van der Waals surface area contributed by atoms with Crippen LogP contribution in [0.25, 0.3) is 0 Å². The van der Waals surface area contributed by atoms with Gasteiger partial charge in [-0.1, -0.05) is 0 Å². The molecule has 3 N–H and O–H groups in total. The average molecular weight is 283 g/mol. The van der Waals surface area contributed by atoms with E-state index in [9.17, 15) is 0 Å². The van der Waals surface area contributed by atoms with Crippen molar-refractivity contribution in [2.24, 2.45) is 0 Å². The number of nitrogens with two attached hydrogens (primary N) is 1. The molecule has 0 spiro atoms. The summed E-state index contributed by atoms with van der Waals surface area (Å²) in [5.41, 5.74) is 7.14. The molecular formula is C12H17N3OS2. The van der Waals surface area contributed by atoms with Crippen LogP contribution in [0.15, 0.2) is 16.8 Å². The summed E-state index contributed by atoms with van der Waals surface area (Å²) in [6.45, 7) is 4.81. The van der Waals surface area contributed by atoms with Gasteiger partial charge in [0, 0.05) is 6.54 Å². The Bertz CT molecular complexity index is 479. The molecule has 18 heavy (non-hydrogen) atoms. The molecule has 2 aromatic rings. The fourth-order valence-corrected chi connectivity index (χ4v) is 2.89. The van der Waals surface area contributed by atoms with Crippen molar-refractivity contribution in [3.63, 3.8) is 0 Å². The summed E-state index contributed by atoms with van der Waals surface area (Å²) >= 11 is 3.07. The molecule has 0 aromatic carbocycles. The fourth-order valence-electron chi connectivity index (χ4n) is 1.51. The average Bonchev–Trinajstić information content (AvgIpc) is 2.93. The van der Waals surface area contributed by atoms with Crippen molar-refractivity contribution < 1.29 is 4.74 Å². The van der Waals surface area contributed by atoms with Crippen LogP contribution < -0.4 is 15.8 Å². The van der Waals surface area contributed by atoms with Crippen molar-refractivity contribution in [2.75, 3.05) is 17.6 Å². The van der Waals surface area contributed by atoms with Gasteiger partial charge in [0.2, 0.25) is 0 Å². The normalized spacial score (nSPS) is 10.8. The van der Waals surface area contributed by atoms with E-state index in [0.717, 1.165) is 18.0 Å². The van der Waals surface area contributed by atoms with Crippen LogP contribution in [-0.4, -0.2) is 17.0 Å². The molecule has 0 amide bonds. The summed E-state index contributed by atoms with van der Waals surface area (Å²) in [7, 11) is 0. The lowest BCUT2D eigenvalue weighted by atomic mass is 10.2. The first-order valence-corrected chi connectivity index (χ1v) is 7.55. The van der Waals surface area contributed by atoms with Gasteiger partial charge in [-0.25, -0.2) is 0 Å². The van der Waals surface area contributed by atoms with Gasteiger partial charge in [-0.05, 0) is 54.2 Å². The van der Waals surface area contributed by atoms with Crippen LogP contribution in [-0.2, 0) is 6.42 Å². The van der Waals surface area contributed by atoms with Gasteiger partial charge in [-0.15, -0.1) is 0 Å². The lowest BCUT2D eigenvalue weighted by Crippen LogP contribution is -2.09. The highest BCUT2D eigenvalue weighted by molar-refractivity contribution is 7.11. The summed E-state index contributed by atoms with van der Waals surface area (Å²) in [5, 5.41) is 8.50. The predicted octanol–water partition coefficient (Wildman–Crippen LogP) is 3.23. The highest BCUT2D eigenvalue weighted by atomic mass is 32.1. The van der Waals surface area contributed by atoms with Gasteiger partial charge in [0.25, 0.3) is 0 Å². The second-order valence-corrected chi connectivity index (χ2v) is 5.75. The second kappa shape index (κ2) is 6.06. The van der Waals surface area contributed by atoms with Gasteiger partial charge in [0.15, 0.2) is 16.6 Å². The number of rotatable bonds is 6. The third kappa shape index (κ3) is 3.36. The molecule has 2 heterocycles. The van der Waals surface area contributed by atoms with E-state index in [2.05, 4.69) is 26.5 Å². The van der Waals surface area contributed by atoms with Crippen LogP contribution in [0.3, 0.4) is 0 Å². The quantitative estimate of drug-likeness (QED) is 0.854. The van der Waals surface area contributed by atoms with Gasteiger partial charge in [0.1, 0.15) is 0 Å². The lowest BCUT2D eigenvalue weighted by molar-refractivity contribution is 0.245. The standard InChI is InChI=1S/C12H17N3OS2/c1-8(2)16-10-11(13)15-18-12(10)14-5-3-9-4-6-17-7-9/h4,6-8,14H,3,5H2,1-2H3,(H2,13,15). The lowest BCUT2D eigenvalue weighted by Gasteiger charge is -2.11. The monoisotopic (exact) mass is 283 g/mol. The van der Waals surface area contributed by atoms with E-state index in [0.29, 0.717) is 11.6 Å². The van der Waals surface area contributed by atoms with E-state index in [1.54, 1.807) is 11.3 Å². The molecule has 98 valence electrons. The first-order chi connectivity index (χ1) is 8.66. The minimum atomic E-state index is 0.0983. The maximum Gasteiger partial charge on any atom is 0.197 e. The Morgan fingerprint density at radius 2 is 2.33 bits per heavy atom. The van der Waals surface area contributed by atoms with Gasteiger partial charge < -0.3 is 15.8 Å². The molecule has 0 unspecified atom stereocenters. The zero-order chi connectivity index (χ0) is 13.0. The predicted molar refractivity (Wildman–Crippen MR) is 78.8 cm³/mol. The maximum absolute atomic E-state index is 5.79. The van der Waals surface area contributed by atoms with Crippen LogP contribution in [0.5, 0.6) is 5.75 Å². The minimum absolute atomic E-state index is 0.0983. The number of hydrogen-bond acceptors (Lipinski definition) is 6. The Morgan fingerprint density at radius 1 is 1.50 bits per heavy atom. The molecule has 0 aliphatic carbocycles. The van der Waals surface area contributed by atoms with E-state index < -0.39 is 0 Å². The van der Waals surface area contributed by atoms with E-state index in [-0.39, 0.29) is 6.10 Å². The molecule has 6 heteroatoms. The summed E-state index contributed by atoms with van der Waals surface area (Å²) in [6, 6.07) is 2.14. The molecule has 0 saturated heterocycles. The Kier molecular flexibility index (Phi) is 4.43. The maximum atomic E-state index is 5.79. The summed E-state index contributed by atoms with van der Waals surface area (Å²) in [4.78, 5) is 0. The minimum Gasteiger partial charge on any atom is -0.484 e. The smallest absolute Gasteiger partial charge is 0.197 e. The molecule has 0 saturated carbocycles. The molecule has 0 bridgehead atoms. The number of nitrogens with one attached hydrogen (secondary N) is 1. The largest absolute Gasteiger partial charge is 0.484 e. The molecule has 0 radical (unpaired) electrons. The summed E-state index contributed by atoms with van der Waals surface area (Å²) < 4.78 is 9.79. The highest BCUT2D eigenvalue weighted by Gasteiger charge is 2.13. The van der Waals surface area contributed by atoms with Crippen LogP contribution >= 0.6 is 22.9 Å². The first-order valence-electron chi connectivity index (χ1n) is 5.83. The van der Waals surface area contributed by atoms with E-state index in [1.165, 1.54) is 17.1 Å². The van der Waals surface area contributed by atoms with E-state index >= 15 is 0 Å². The van der Waals surface area contributed by atoms with E-state index in [1.807, 2.05) is 13.8 Å². The molecule has 0 fully saturated rings. The first kappa shape index (κ1) is 13.2. The van der Waals surface area contributed by atoms with Crippen LogP contribution in [0.1, 0.15) is 19.4 Å². The molecule has 2 rings (SSSR count). The third-order valence-corrected chi connectivity index (χ3v) is 3.84. The molecule has 4 nitrogen and oxygen atoms in total. The molecule has 0 atom stereocenters. The van der Waals surface area contributed by atoms with Crippen LogP contribution in [0.4, 0.5) is 10.8 Å². The SMILES string of the molecule is CC(C)Oc1c(N)nsc1NCCc1ccsc1. The van der Waals surface area contributed by atoms with Crippen molar-refractivity contribution in [1.29, 1.82) is 0 Å². The van der Waals surface area contributed by atoms with Crippen molar-refractivity contribution in [2.45, 2.75) is 26.4 Å². The number of hydrogen-bond donors (Lipinski definition) is 2. The number of aromatic nitrogens is 1. The van der Waals surface area contributed by atoms with E-state index in [4.69, 9.17) is 10.5 Å². The number of nitrogens with zero attached hydrogens (tertiary/aromatic N) is 1. The van der Waals surface area contributed by atoms with Crippen molar-refractivity contribution in [3.05, 3.63) is 22.4 Å². The molecule has 0 aliphatic heterocycles. The van der Waals surface area contributed by atoms with Crippen LogP contribution in [0, 0.1) is 0 Å². The third-order valence-electron chi connectivity index (χ3n) is 2.31. The number of thiophene rings is 1. The fraction of sp³-hybridized carbons (Fsp3) is 0.417. The number of ether oxygens (including phenoxy) is 1.